The van der Waals surface area contributed by atoms with Crippen molar-refractivity contribution in [1.29, 1.82) is 0 Å². The van der Waals surface area contributed by atoms with E-state index < -0.39 is 0 Å². The van der Waals surface area contributed by atoms with Crippen LogP contribution in [0, 0.1) is 0 Å². The van der Waals surface area contributed by atoms with E-state index in [0.717, 1.165) is 129 Å². The summed E-state index contributed by atoms with van der Waals surface area (Å²) < 4.78 is 0. The molecule has 31 heteroatoms. The van der Waals surface area contributed by atoms with Gasteiger partial charge < -0.3 is 112 Å². The molecule has 0 bridgehead atoms. The minimum Gasteiger partial charge on any atom is -0.395 e. The summed E-state index contributed by atoms with van der Waals surface area (Å²) in [6, 6.07) is 0.376. The highest BCUT2D eigenvalue weighted by Gasteiger charge is 2.47. The molecule has 0 unspecified atom stereocenters. The fourth-order valence-corrected chi connectivity index (χ4v) is 20.8. The van der Waals surface area contributed by atoms with Gasteiger partial charge in [-0.3, -0.25) is 0 Å². The smallest absolute Gasteiger partial charge is 0.232 e. The molecular weight excluding hydrogens is 1450 g/mol. The highest BCUT2D eigenvalue weighted by Crippen LogP contribution is 2.42. The lowest BCUT2D eigenvalue weighted by Crippen LogP contribution is -2.63. The zero-order valence-electron chi connectivity index (χ0n) is 74.4. The third-order valence-corrected chi connectivity index (χ3v) is 23.5. The molecule has 5 aliphatic heterocycles. The van der Waals surface area contributed by atoms with E-state index in [1.165, 1.54) is 0 Å². The molecule has 0 saturated carbocycles. The van der Waals surface area contributed by atoms with Crippen LogP contribution in [-0.2, 0) is 0 Å². The zero-order valence-corrected chi connectivity index (χ0v) is 74.4. The van der Waals surface area contributed by atoms with Crippen molar-refractivity contribution in [2.45, 2.75) is 340 Å². The molecule has 8 heterocycles. The summed E-state index contributed by atoms with van der Waals surface area (Å²) in [5.41, 5.74) is -1.91. The van der Waals surface area contributed by atoms with Gasteiger partial charge in [0.2, 0.25) is 53.5 Å². The summed E-state index contributed by atoms with van der Waals surface area (Å²) in [6.07, 6.45) is 15.8. The molecule has 31 nitrogen and oxygen atoms in total. The average Bonchev–Trinajstić information content (AvgIpc) is 0.766. The number of nitrogens with one attached hydrogen (secondary N) is 5. The number of hydrogen-bond acceptors (Lipinski definition) is 31. The molecule has 3 aromatic heterocycles. The zero-order chi connectivity index (χ0) is 84.0. The molecule has 13 N–H and O–H groups in total. The third-order valence-electron chi connectivity index (χ3n) is 23.5. The number of unbranched alkanes of at least 4 members (excludes halogenated alkanes) is 6. The SMILES string of the molecule is CN(c1nc(N(CCCCCCN(c2nc(N(CCO)CCO)nc(N(CCO)CCO)n2)C2CC(C)(C)NC(C)(C)C2)C2CC(C)(C)NC(C)(C)C2)nc(N(CCCCCCN(c2nc(N(CCO)CCO)nc(N(CCO)CCO)n2)C2CC(C)(C)NC(C)(C)C2)C2CC(C)(C)NC(C)(C)C2)n1)C1CC(C)(C)NC(C)(C)C1. The first kappa shape index (κ1) is 94.2. The van der Waals surface area contributed by atoms with Crippen LogP contribution in [0.5, 0.6) is 0 Å². The van der Waals surface area contributed by atoms with E-state index in [2.05, 4.69) is 197 Å². The summed E-state index contributed by atoms with van der Waals surface area (Å²) in [6.45, 7) is 48.9. The van der Waals surface area contributed by atoms with Gasteiger partial charge >= 0.3 is 0 Å². The van der Waals surface area contributed by atoms with Gasteiger partial charge in [-0.05, 0) is 228 Å². The lowest BCUT2D eigenvalue weighted by atomic mass is 9.79. The maximum atomic E-state index is 10.3. The molecule has 114 heavy (non-hydrogen) atoms. The molecule has 0 aromatic carbocycles. The monoisotopic (exact) mass is 1600 g/mol. The second-order valence-electron chi connectivity index (χ2n) is 40.4. The minimum atomic E-state index is -0.211. The van der Waals surface area contributed by atoms with Crippen LogP contribution in [-0.4, -0.2) is 310 Å². The Labute approximate surface area is 684 Å². The molecule has 0 atom stereocenters. The van der Waals surface area contributed by atoms with Crippen LogP contribution >= 0.6 is 0 Å². The number of anilines is 9. The van der Waals surface area contributed by atoms with Crippen molar-refractivity contribution in [3.05, 3.63) is 0 Å². The van der Waals surface area contributed by atoms with Gasteiger partial charge in [0.25, 0.3) is 0 Å². The van der Waals surface area contributed by atoms with E-state index in [0.29, 0.717) is 66.6 Å². The molecule has 8 rings (SSSR count). The van der Waals surface area contributed by atoms with Crippen molar-refractivity contribution in [2.24, 2.45) is 0 Å². The summed E-state index contributed by atoms with van der Waals surface area (Å²) in [4.78, 5) is 67.1. The maximum absolute atomic E-state index is 10.3. The van der Waals surface area contributed by atoms with Crippen molar-refractivity contribution in [2.75, 3.05) is 183 Å². The first-order valence-corrected chi connectivity index (χ1v) is 43.2. The summed E-state index contributed by atoms with van der Waals surface area (Å²) in [5, 5.41) is 102. The standard InChI is InChI=1S/C83H157N23O8/c1-74(2)50-60(51-75(3,4)93-74)98(21)65-84-70(103(61-52-76(5,6)94-77(7,8)53-61)30-26-22-24-28-32-105(63-56-80(13,14)96-81(15,16)57-63)72-88-66(99(34-42-107)35-43-108)86-67(89-72)100(36-44-109)37-45-110)92-71(85-65)104(62-54-78(9,10)95-79(11,12)55-62)31-27-23-25-29-33-106(64-58-82(17,18)97-83(19,20)59-64)73-90-68(101(38-46-111)39-47-112)87-69(91-73)102(40-48-113)41-49-114/h60-64,93-97,107-114H,22-59H2,1-21H3. The number of rotatable bonds is 44. The van der Waals surface area contributed by atoms with Crippen LogP contribution in [0.1, 0.15) is 254 Å². The number of nitrogens with zero attached hydrogens (tertiary/aromatic N) is 18. The van der Waals surface area contributed by atoms with Gasteiger partial charge in [0, 0.05) is 171 Å². The largest absolute Gasteiger partial charge is 0.395 e. The molecule has 5 fully saturated rings. The van der Waals surface area contributed by atoms with Crippen molar-refractivity contribution in [1.82, 2.24) is 71.4 Å². The van der Waals surface area contributed by atoms with Crippen LogP contribution in [0.2, 0.25) is 0 Å². The lowest BCUT2D eigenvalue weighted by molar-refractivity contribution is 0.156. The van der Waals surface area contributed by atoms with E-state index in [-0.39, 0.29) is 191 Å². The number of aliphatic hydroxyl groups is 8. The van der Waals surface area contributed by atoms with Crippen LogP contribution in [0.25, 0.3) is 0 Å². The van der Waals surface area contributed by atoms with Crippen LogP contribution in [0.4, 0.5) is 53.5 Å². The Kier molecular flexibility index (Phi) is 32.8. The lowest BCUT2D eigenvalue weighted by Gasteiger charge is -2.51. The van der Waals surface area contributed by atoms with E-state index >= 15 is 0 Å². The molecule has 0 spiro atoms. The molecule has 5 aliphatic rings. The average molecular weight is 1610 g/mol. The Morgan fingerprint density at radius 1 is 0.219 bits per heavy atom. The maximum Gasteiger partial charge on any atom is 0.232 e. The molecule has 5 saturated heterocycles. The van der Waals surface area contributed by atoms with Gasteiger partial charge in [-0.25, -0.2) is 0 Å². The van der Waals surface area contributed by atoms with E-state index in [9.17, 15) is 40.9 Å². The van der Waals surface area contributed by atoms with Gasteiger partial charge in [-0.2, -0.15) is 44.9 Å². The van der Waals surface area contributed by atoms with E-state index in [1.807, 2.05) is 0 Å². The van der Waals surface area contributed by atoms with Gasteiger partial charge in [0.15, 0.2) is 0 Å². The Morgan fingerprint density at radius 2 is 0.368 bits per heavy atom. The van der Waals surface area contributed by atoms with Crippen LogP contribution in [0.15, 0.2) is 0 Å². The molecule has 0 aliphatic carbocycles. The van der Waals surface area contributed by atoms with Gasteiger partial charge in [0.05, 0.1) is 52.9 Å². The van der Waals surface area contributed by atoms with Crippen molar-refractivity contribution >= 4 is 53.5 Å². The summed E-state index contributed by atoms with van der Waals surface area (Å²) in [7, 11) is 2.20. The van der Waals surface area contributed by atoms with Crippen molar-refractivity contribution < 1.29 is 40.9 Å². The van der Waals surface area contributed by atoms with E-state index in [1.54, 1.807) is 19.6 Å². The Bertz CT molecular complexity index is 3070. The molecular formula is C83H157N23O8. The summed E-state index contributed by atoms with van der Waals surface area (Å²) in [5.74, 6) is 4.36. The topological polar surface area (TPSA) is 367 Å². The predicted octanol–water partition coefficient (Wildman–Crippen LogP) is 6.13. The Balaban J connectivity index is 1.16. The second kappa shape index (κ2) is 39.7. The molecule has 652 valence electrons. The Hall–Kier alpha value is -5.29. The van der Waals surface area contributed by atoms with E-state index in [4.69, 9.17) is 44.9 Å². The Morgan fingerprint density at radius 3 is 0.544 bits per heavy atom. The predicted molar refractivity (Wildman–Crippen MR) is 461 cm³/mol. The van der Waals surface area contributed by atoms with Gasteiger partial charge in [0.1, 0.15) is 0 Å². The highest BCUT2D eigenvalue weighted by molar-refractivity contribution is 5.52. The van der Waals surface area contributed by atoms with Gasteiger partial charge in [-0.15, -0.1) is 0 Å². The first-order valence-electron chi connectivity index (χ1n) is 43.2. The molecule has 3 aromatic rings. The number of aromatic nitrogens is 9. The van der Waals surface area contributed by atoms with Gasteiger partial charge in [-0.1, -0.05) is 25.7 Å². The second-order valence-corrected chi connectivity index (χ2v) is 40.4. The normalized spacial score (nSPS) is 21.1. The molecule has 0 amide bonds. The number of hydrogen-bond donors (Lipinski definition) is 13. The quantitative estimate of drug-likeness (QED) is 0.0283. The van der Waals surface area contributed by atoms with Crippen molar-refractivity contribution in [3.63, 3.8) is 0 Å². The fraction of sp³-hybridized carbons (Fsp3) is 0.892. The van der Waals surface area contributed by atoms with Crippen molar-refractivity contribution in [3.8, 4) is 0 Å². The summed E-state index contributed by atoms with van der Waals surface area (Å²) >= 11 is 0. The number of aliphatic hydroxyl groups excluding tert-OH is 8. The van der Waals surface area contributed by atoms with Crippen LogP contribution < -0.4 is 70.7 Å². The fourth-order valence-electron chi connectivity index (χ4n) is 20.8. The third kappa shape index (κ3) is 27.4. The first-order chi connectivity index (χ1) is 53.3. The number of piperidine rings is 5. The molecule has 0 radical (unpaired) electrons. The highest BCUT2D eigenvalue weighted by atomic mass is 16.3. The van der Waals surface area contributed by atoms with Crippen LogP contribution in [0.3, 0.4) is 0 Å². The minimum absolute atomic E-state index is 0.0346.